The molecule has 0 saturated carbocycles. The van der Waals surface area contributed by atoms with Gasteiger partial charge in [-0.1, -0.05) is 12.1 Å². The molecule has 5 heteroatoms. The van der Waals surface area contributed by atoms with Crippen LogP contribution >= 0.6 is 0 Å². The van der Waals surface area contributed by atoms with Gasteiger partial charge in [0.05, 0.1) is 18.6 Å². The summed E-state index contributed by atoms with van der Waals surface area (Å²) >= 11 is 0. The van der Waals surface area contributed by atoms with Gasteiger partial charge >= 0.3 is 5.97 Å². The second-order valence-electron chi connectivity index (χ2n) is 4.60. The predicted molar refractivity (Wildman–Crippen MR) is 68.9 cm³/mol. The number of carbonyl (C=O) groups is 2. The van der Waals surface area contributed by atoms with Gasteiger partial charge in [0.25, 0.3) is 0 Å². The Hall–Kier alpha value is -2.04. The van der Waals surface area contributed by atoms with Crippen molar-refractivity contribution in [2.24, 2.45) is 5.92 Å². The Morgan fingerprint density at radius 2 is 2.05 bits per heavy atom. The van der Waals surface area contributed by atoms with Crippen LogP contribution in [0.1, 0.15) is 24.9 Å². The zero-order chi connectivity index (χ0) is 14.0. The van der Waals surface area contributed by atoms with Gasteiger partial charge in [-0.2, -0.15) is 0 Å². The van der Waals surface area contributed by atoms with E-state index in [1.165, 1.54) is 4.90 Å². The fraction of sp³-hybridized carbons (Fsp3) is 0.429. The second kappa shape index (κ2) is 5.30. The van der Waals surface area contributed by atoms with Crippen molar-refractivity contribution in [1.82, 2.24) is 4.90 Å². The SMILES string of the molecule is CCOc1ccc([C@@H]2[C@@H](C(=O)O)CC(=O)N2C)cc1. The number of carboxylic acids is 1. The Balaban J connectivity index is 2.27. The molecule has 1 saturated heterocycles. The number of likely N-dealkylation sites (tertiary alicyclic amines) is 1. The molecule has 2 atom stereocenters. The standard InChI is InChI=1S/C14H17NO4/c1-3-19-10-6-4-9(5-7-10)13-11(14(17)18)8-12(16)15(13)2/h4-7,11,13H,3,8H2,1-2H3,(H,17,18)/t11-,13+/m0/s1. The van der Waals surface area contributed by atoms with Gasteiger partial charge in [-0.3, -0.25) is 9.59 Å². The van der Waals surface area contributed by atoms with E-state index in [4.69, 9.17) is 4.74 Å². The Kier molecular flexibility index (Phi) is 3.74. The first kappa shape index (κ1) is 13.4. The van der Waals surface area contributed by atoms with E-state index in [9.17, 15) is 14.7 Å². The normalized spacial score (nSPS) is 22.6. The molecule has 1 aromatic carbocycles. The zero-order valence-electron chi connectivity index (χ0n) is 11.0. The van der Waals surface area contributed by atoms with Crippen molar-refractivity contribution in [1.29, 1.82) is 0 Å². The summed E-state index contributed by atoms with van der Waals surface area (Å²) in [5.41, 5.74) is 0.823. The Morgan fingerprint density at radius 3 is 2.58 bits per heavy atom. The summed E-state index contributed by atoms with van der Waals surface area (Å²) in [5, 5.41) is 9.22. The highest BCUT2D eigenvalue weighted by atomic mass is 16.5. The molecule has 0 aliphatic carbocycles. The van der Waals surface area contributed by atoms with E-state index in [1.807, 2.05) is 19.1 Å². The lowest BCUT2D eigenvalue weighted by molar-refractivity contribution is -0.142. The van der Waals surface area contributed by atoms with Crippen LogP contribution in [-0.4, -0.2) is 35.5 Å². The highest BCUT2D eigenvalue weighted by Crippen LogP contribution is 2.37. The number of hydrogen-bond acceptors (Lipinski definition) is 3. The summed E-state index contributed by atoms with van der Waals surface area (Å²) in [5.74, 6) is -1.01. The number of carboxylic acid groups (broad SMARTS) is 1. The maximum Gasteiger partial charge on any atom is 0.309 e. The monoisotopic (exact) mass is 263 g/mol. The van der Waals surface area contributed by atoms with Crippen LogP contribution in [0.15, 0.2) is 24.3 Å². The molecule has 0 spiro atoms. The number of ether oxygens (including phenoxy) is 1. The van der Waals surface area contributed by atoms with Crippen LogP contribution in [0.25, 0.3) is 0 Å². The lowest BCUT2D eigenvalue weighted by Crippen LogP contribution is -2.26. The minimum atomic E-state index is -0.934. The molecule has 1 aliphatic heterocycles. The minimum Gasteiger partial charge on any atom is -0.494 e. The van der Waals surface area contributed by atoms with Gasteiger partial charge in [-0.15, -0.1) is 0 Å². The van der Waals surface area contributed by atoms with Crippen molar-refractivity contribution in [2.45, 2.75) is 19.4 Å². The smallest absolute Gasteiger partial charge is 0.309 e. The van der Waals surface area contributed by atoms with E-state index in [1.54, 1.807) is 19.2 Å². The van der Waals surface area contributed by atoms with Gasteiger partial charge in [0.15, 0.2) is 0 Å². The third-order valence-electron chi connectivity index (χ3n) is 3.44. The number of hydrogen-bond donors (Lipinski definition) is 1. The average Bonchev–Trinajstić information content (AvgIpc) is 2.68. The minimum absolute atomic E-state index is 0.0592. The summed E-state index contributed by atoms with van der Waals surface area (Å²) < 4.78 is 5.35. The number of rotatable bonds is 4. The van der Waals surface area contributed by atoms with E-state index in [0.717, 1.165) is 11.3 Å². The molecule has 5 nitrogen and oxygen atoms in total. The van der Waals surface area contributed by atoms with Crippen molar-refractivity contribution in [2.75, 3.05) is 13.7 Å². The molecular weight excluding hydrogens is 246 g/mol. The molecule has 1 aromatic rings. The molecule has 1 heterocycles. The quantitative estimate of drug-likeness (QED) is 0.897. The molecule has 0 aromatic heterocycles. The molecule has 0 radical (unpaired) electrons. The summed E-state index contributed by atoms with van der Waals surface area (Å²) in [4.78, 5) is 24.4. The molecule has 102 valence electrons. The average molecular weight is 263 g/mol. The first-order chi connectivity index (χ1) is 9.04. The molecule has 1 N–H and O–H groups in total. The third-order valence-corrected chi connectivity index (χ3v) is 3.44. The third kappa shape index (κ3) is 2.54. The van der Waals surface area contributed by atoms with Crippen molar-refractivity contribution in [3.05, 3.63) is 29.8 Å². The predicted octanol–water partition coefficient (Wildman–Crippen LogP) is 1.69. The lowest BCUT2D eigenvalue weighted by atomic mass is 9.94. The maximum atomic E-state index is 11.7. The highest BCUT2D eigenvalue weighted by Gasteiger charge is 2.42. The van der Waals surface area contributed by atoms with Gasteiger partial charge in [-0.05, 0) is 24.6 Å². The van der Waals surface area contributed by atoms with Crippen molar-refractivity contribution in [3.63, 3.8) is 0 Å². The van der Waals surface area contributed by atoms with Gasteiger partial charge in [-0.25, -0.2) is 0 Å². The zero-order valence-corrected chi connectivity index (χ0v) is 11.0. The lowest BCUT2D eigenvalue weighted by Gasteiger charge is -2.23. The highest BCUT2D eigenvalue weighted by molar-refractivity contribution is 5.87. The fourth-order valence-corrected chi connectivity index (χ4v) is 2.47. The van der Waals surface area contributed by atoms with Crippen LogP contribution in [-0.2, 0) is 9.59 Å². The number of nitrogens with zero attached hydrogens (tertiary/aromatic N) is 1. The van der Waals surface area contributed by atoms with Gasteiger partial charge in [0, 0.05) is 13.5 Å². The van der Waals surface area contributed by atoms with E-state index < -0.39 is 17.9 Å². The second-order valence-corrected chi connectivity index (χ2v) is 4.60. The molecule has 0 unspecified atom stereocenters. The molecule has 2 rings (SSSR count). The molecule has 19 heavy (non-hydrogen) atoms. The molecule has 1 aliphatic rings. The van der Waals surface area contributed by atoms with Gasteiger partial charge < -0.3 is 14.7 Å². The summed E-state index contributed by atoms with van der Waals surface area (Å²) in [6, 6.07) is 6.84. The van der Waals surface area contributed by atoms with Crippen LogP contribution in [0, 0.1) is 5.92 Å². The first-order valence-electron chi connectivity index (χ1n) is 6.25. The Morgan fingerprint density at radius 1 is 1.42 bits per heavy atom. The van der Waals surface area contributed by atoms with Crippen LogP contribution in [0.3, 0.4) is 0 Å². The number of carbonyl (C=O) groups excluding carboxylic acids is 1. The molecule has 1 amide bonds. The molecule has 0 bridgehead atoms. The van der Waals surface area contributed by atoms with Crippen LogP contribution in [0.5, 0.6) is 5.75 Å². The van der Waals surface area contributed by atoms with Crippen LogP contribution < -0.4 is 4.74 Å². The number of benzene rings is 1. The Bertz CT molecular complexity index is 483. The van der Waals surface area contributed by atoms with Crippen molar-refractivity contribution in [3.8, 4) is 5.75 Å². The van der Waals surface area contributed by atoms with Gasteiger partial charge in [0.2, 0.25) is 5.91 Å². The number of amides is 1. The van der Waals surface area contributed by atoms with Crippen LogP contribution in [0.4, 0.5) is 0 Å². The summed E-state index contributed by atoms with van der Waals surface area (Å²) in [6.45, 7) is 2.48. The molecule has 1 fully saturated rings. The van der Waals surface area contributed by atoms with E-state index in [-0.39, 0.29) is 12.3 Å². The van der Waals surface area contributed by atoms with Crippen LogP contribution in [0.2, 0.25) is 0 Å². The van der Waals surface area contributed by atoms with Gasteiger partial charge in [0.1, 0.15) is 5.75 Å². The number of aliphatic carboxylic acids is 1. The Labute approximate surface area is 111 Å². The molecular formula is C14H17NO4. The van der Waals surface area contributed by atoms with E-state index in [0.29, 0.717) is 6.61 Å². The summed E-state index contributed by atoms with van der Waals surface area (Å²) in [7, 11) is 1.65. The first-order valence-corrected chi connectivity index (χ1v) is 6.25. The fourth-order valence-electron chi connectivity index (χ4n) is 2.47. The maximum absolute atomic E-state index is 11.7. The summed E-state index contributed by atoms with van der Waals surface area (Å²) in [6.07, 6.45) is 0.0592. The largest absolute Gasteiger partial charge is 0.494 e. The topological polar surface area (TPSA) is 66.8 Å². The van der Waals surface area contributed by atoms with Crippen molar-refractivity contribution < 1.29 is 19.4 Å². The van der Waals surface area contributed by atoms with E-state index in [2.05, 4.69) is 0 Å². The van der Waals surface area contributed by atoms with Crippen molar-refractivity contribution >= 4 is 11.9 Å². The van der Waals surface area contributed by atoms with E-state index >= 15 is 0 Å².